The zero-order valence-electron chi connectivity index (χ0n) is 46.1. The smallest absolute Gasteiger partial charge is 0.123 e. The fourth-order valence-electron chi connectivity index (χ4n) is 11.5. The molecule has 3 heterocycles. The average Bonchev–Trinajstić information content (AvgIpc) is 4.16. The van der Waals surface area contributed by atoms with E-state index in [1.807, 2.05) is 35.3 Å². The molecule has 5 heteroatoms. The van der Waals surface area contributed by atoms with Gasteiger partial charge in [0.25, 0.3) is 0 Å². The quantitative estimate of drug-likeness (QED) is 0.0394. The predicted molar refractivity (Wildman–Crippen MR) is 324 cm³/mol. The highest BCUT2D eigenvalue weighted by Crippen LogP contribution is 2.46. The molecular weight excluding hydrogens is 923 g/mol. The van der Waals surface area contributed by atoms with Crippen LogP contribution in [-0.2, 0) is 25.7 Å². The Balaban J connectivity index is 1.25. The maximum absolute atomic E-state index is 4.35. The summed E-state index contributed by atoms with van der Waals surface area (Å²) >= 11 is 3.96. The number of aromatic nitrogens is 3. The lowest BCUT2D eigenvalue weighted by Crippen LogP contribution is -2.01. The number of hydrogen-bond acceptors (Lipinski definition) is 4. The van der Waals surface area contributed by atoms with Crippen molar-refractivity contribution in [2.24, 2.45) is 0 Å². The van der Waals surface area contributed by atoms with Crippen LogP contribution in [0.3, 0.4) is 0 Å². The normalized spacial score (nSPS) is 11.9. The molecule has 0 aliphatic carbocycles. The van der Waals surface area contributed by atoms with E-state index in [1.165, 1.54) is 250 Å². The molecule has 3 nitrogen and oxygen atoms in total. The Hall–Kier alpha value is -4.58. The van der Waals surface area contributed by atoms with E-state index in [9.17, 15) is 0 Å². The van der Waals surface area contributed by atoms with Crippen LogP contribution in [0.15, 0.2) is 91.5 Å². The number of nitrogens with zero attached hydrogens (tertiary/aromatic N) is 3. The van der Waals surface area contributed by atoms with Crippen LogP contribution in [-0.4, -0.2) is 14.8 Å². The van der Waals surface area contributed by atoms with Gasteiger partial charge in [0, 0.05) is 25.9 Å². The highest BCUT2D eigenvalue weighted by molar-refractivity contribution is 7.36. The summed E-state index contributed by atoms with van der Waals surface area (Å²) < 4.78 is 7.84. The maximum Gasteiger partial charge on any atom is 0.123 e. The van der Waals surface area contributed by atoms with E-state index in [2.05, 4.69) is 135 Å². The van der Waals surface area contributed by atoms with Gasteiger partial charge in [-0.1, -0.05) is 205 Å². The first-order valence-corrected chi connectivity index (χ1v) is 31.2. The van der Waals surface area contributed by atoms with Gasteiger partial charge in [-0.2, -0.15) is 0 Å². The van der Waals surface area contributed by atoms with Crippen LogP contribution in [0.5, 0.6) is 0 Å². The average molecular weight is 1010 g/mol. The molecule has 0 aliphatic rings. The van der Waals surface area contributed by atoms with Gasteiger partial charge in [-0.25, -0.2) is 0 Å². The van der Waals surface area contributed by atoms with E-state index >= 15 is 0 Å². The van der Waals surface area contributed by atoms with Crippen molar-refractivity contribution in [3.63, 3.8) is 0 Å². The minimum Gasteiger partial charge on any atom is -0.288 e. The molecule has 73 heavy (non-hydrogen) atoms. The molecular formula is C68H89N3S2. The summed E-state index contributed by atoms with van der Waals surface area (Å²) in [5.41, 5.74) is 18.2. The molecule has 8 rings (SSSR count). The Bertz CT molecular complexity index is 2950. The summed E-state index contributed by atoms with van der Waals surface area (Å²) in [4.78, 5) is 0. The maximum atomic E-state index is 4.35. The molecule has 5 aromatic carbocycles. The number of unbranched alkanes of at least 4 members (excludes halogenated alkanes) is 20. The number of hydrogen-bond donors (Lipinski definition) is 0. The molecule has 0 atom stereocenters. The molecule has 0 amide bonds. The molecule has 3 aromatic heterocycles. The van der Waals surface area contributed by atoms with Crippen molar-refractivity contribution in [3.8, 4) is 39.1 Å². The van der Waals surface area contributed by atoms with Gasteiger partial charge in [0.2, 0.25) is 0 Å². The summed E-state index contributed by atoms with van der Waals surface area (Å²) in [7, 11) is 0. The Kier molecular flexibility index (Phi) is 21.2. The minimum atomic E-state index is 1.08. The zero-order valence-corrected chi connectivity index (χ0v) is 47.8. The minimum absolute atomic E-state index is 1.08. The van der Waals surface area contributed by atoms with Gasteiger partial charge >= 0.3 is 0 Å². The molecule has 0 unspecified atom stereocenters. The first kappa shape index (κ1) is 54.7. The first-order valence-electron chi connectivity index (χ1n) is 29.5. The summed E-state index contributed by atoms with van der Waals surface area (Å²) in [6.45, 7) is 13.9. The standard InChI is InChI=1S/C68H89N3S2/c1-7-11-15-19-23-27-31-52-44-63(53(40-51(52)6)32-28-24-20-16-12-8-2)57-41-58(43-59(42-57)71-48-69-70-49-71)64-46-54(33-29-25-21-17-13-9-3)62(45-55(64)34-30-26-22-18-14-10-4)56-36-38-61-66(47-56)73-67-60-37-35-50(5)39-65(60)72-68(61)67/h35-49H,7-34H2,1-6H3. The third-order valence-electron chi connectivity index (χ3n) is 15.9. The molecule has 0 saturated heterocycles. The monoisotopic (exact) mass is 1010 g/mol. The lowest BCUT2D eigenvalue weighted by Gasteiger charge is -2.21. The summed E-state index contributed by atoms with van der Waals surface area (Å²) in [6.07, 6.45) is 39.5. The fourth-order valence-corrected chi connectivity index (χ4v) is 14.3. The Morgan fingerprint density at radius 3 is 1.26 bits per heavy atom. The van der Waals surface area contributed by atoms with Crippen molar-refractivity contribution < 1.29 is 0 Å². The Morgan fingerprint density at radius 2 is 0.767 bits per heavy atom. The Morgan fingerprint density at radius 1 is 0.370 bits per heavy atom. The second kappa shape index (κ2) is 28.4. The van der Waals surface area contributed by atoms with E-state index in [1.54, 1.807) is 0 Å². The van der Waals surface area contributed by atoms with E-state index < -0.39 is 0 Å². The van der Waals surface area contributed by atoms with Crippen LogP contribution in [0, 0.1) is 13.8 Å². The van der Waals surface area contributed by atoms with Gasteiger partial charge in [0.15, 0.2) is 0 Å². The fraction of sp³-hybridized carbons (Fsp3) is 0.500. The van der Waals surface area contributed by atoms with Crippen LogP contribution in [0.2, 0.25) is 0 Å². The lowest BCUT2D eigenvalue weighted by molar-refractivity contribution is 0.605. The molecule has 0 saturated carbocycles. The lowest BCUT2D eigenvalue weighted by atomic mass is 9.85. The van der Waals surface area contributed by atoms with Gasteiger partial charge in [-0.3, -0.25) is 4.57 Å². The first-order chi connectivity index (χ1) is 35.9. The summed E-state index contributed by atoms with van der Waals surface area (Å²) in [5.74, 6) is 0. The second-order valence-corrected chi connectivity index (χ2v) is 24.0. The van der Waals surface area contributed by atoms with E-state index in [0.717, 1.165) is 31.4 Å². The molecule has 0 fully saturated rings. The molecule has 0 spiro atoms. The van der Waals surface area contributed by atoms with E-state index in [0.29, 0.717) is 0 Å². The molecule has 388 valence electrons. The van der Waals surface area contributed by atoms with Crippen molar-refractivity contribution >= 4 is 52.2 Å². The van der Waals surface area contributed by atoms with Gasteiger partial charge in [0.1, 0.15) is 12.7 Å². The van der Waals surface area contributed by atoms with Crippen LogP contribution < -0.4 is 0 Å². The number of fused-ring (bicyclic) bond motifs is 5. The van der Waals surface area contributed by atoms with Crippen molar-refractivity contribution in [1.29, 1.82) is 0 Å². The highest BCUT2D eigenvalue weighted by atomic mass is 32.1. The molecule has 0 N–H and O–H groups in total. The predicted octanol–water partition coefficient (Wildman–Crippen LogP) is 22.1. The topological polar surface area (TPSA) is 30.7 Å². The second-order valence-electron chi connectivity index (χ2n) is 21.9. The Labute approximate surface area is 449 Å². The molecule has 8 aromatic rings. The van der Waals surface area contributed by atoms with Crippen molar-refractivity contribution in [2.45, 2.75) is 221 Å². The van der Waals surface area contributed by atoms with E-state index in [-0.39, 0.29) is 0 Å². The number of aryl methyl sites for hydroxylation is 6. The van der Waals surface area contributed by atoms with Crippen LogP contribution in [0.1, 0.15) is 215 Å². The highest BCUT2D eigenvalue weighted by Gasteiger charge is 2.20. The van der Waals surface area contributed by atoms with E-state index in [4.69, 9.17) is 0 Å². The van der Waals surface area contributed by atoms with Crippen molar-refractivity contribution in [1.82, 2.24) is 14.8 Å². The van der Waals surface area contributed by atoms with Crippen LogP contribution in [0.4, 0.5) is 0 Å². The van der Waals surface area contributed by atoms with Gasteiger partial charge in [0.05, 0.1) is 9.40 Å². The summed E-state index contributed by atoms with van der Waals surface area (Å²) in [5, 5.41) is 11.5. The van der Waals surface area contributed by atoms with Gasteiger partial charge < -0.3 is 0 Å². The third kappa shape index (κ3) is 14.6. The third-order valence-corrected chi connectivity index (χ3v) is 18.4. The van der Waals surface area contributed by atoms with Crippen LogP contribution in [0.25, 0.3) is 68.6 Å². The van der Waals surface area contributed by atoms with Crippen LogP contribution >= 0.6 is 22.7 Å². The number of thiophene rings is 2. The summed E-state index contributed by atoms with van der Waals surface area (Å²) in [6, 6.07) is 32.4. The number of benzene rings is 5. The van der Waals surface area contributed by atoms with Crippen molar-refractivity contribution in [3.05, 3.63) is 125 Å². The van der Waals surface area contributed by atoms with Crippen molar-refractivity contribution in [2.75, 3.05) is 0 Å². The molecule has 0 aliphatic heterocycles. The largest absolute Gasteiger partial charge is 0.288 e. The zero-order chi connectivity index (χ0) is 50.8. The number of rotatable bonds is 32. The van der Waals surface area contributed by atoms with Gasteiger partial charge in [-0.15, -0.1) is 32.9 Å². The molecule has 0 bridgehead atoms. The SMILES string of the molecule is CCCCCCCCc1cc(-c2cc(-c3cc(CCCCCCCC)c(-c4ccc5c(c4)sc4c6ccc(C)cc6sc54)cc3CCCCCCCC)cc(-n3cnnc3)c2)c(CCCCCCCC)cc1C. The molecule has 0 radical (unpaired) electrons. The van der Waals surface area contributed by atoms with Gasteiger partial charge in [-0.05, 0) is 162 Å².